The lowest BCUT2D eigenvalue weighted by atomic mass is 10.0. The first-order chi connectivity index (χ1) is 9.51. The third kappa shape index (κ3) is 4.23. The predicted molar refractivity (Wildman–Crippen MR) is 80.5 cm³/mol. The fourth-order valence-electron chi connectivity index (χ4n) is 2.21. The first-order valence-corrected chi connectivity index (χ1v) is 7.21. The summed E-state index contributed by atoms with van der Waals surface area (Å²) in [4.78, 5) is 24.3. The van der Waals surface area contributed by atoms with E-state index in [-0.39, 0.29) is 18.2 Å². The van der Waals surface area contributed by atoms with Crippen LogP contribution in [0.4, 0.5) is 5.69 Å². The molecule has 0 unspecified atom stereocenters. The number of carbonyl (C=O) groups excluding carboxylic acids is 1. The zero-order valence-corrected chi connectivity index (χ0v) is 12.6. The number of hydrogen-bond donors (Lipinski definition) is 1. The Bertz CT molecular complexity index is 488. The summed E-state index contributed by atoms with van der Waals surface area (Å²) in [5.41, 5.74) is 2.93. The monoisotopic (exact) mass is 297 g/mol. The Balaban J connectivity index is 3.04. The van der Waals surface area contributed by atoms with Crippen molar-refractivity contribution in [2.75, 3.05) is 17.3 Å². The Morgan fingerprint density at radius 3 is 2.60 bits per heavy atom. The molecule has 1 aromatic carbocycles. The van der Waals surface area contributed by atoms with Crippen LogP contribution in [0.25, 0.3) is 0 Å². The molecular weight excluding hydrogens is 278 g/mol. The smallest absolute Gasteiger partial charge is 0.303 e. The van der Waals surface area contributed by atoms with Crippen molar-refractivity contribution in [2.45, 2.75) is 33.1 Å². The summed E-state index contributed by atoms with van der Waals surface area (Å²) in [7, 11) is 0. The van der Waals surface area contributed by atoms with E-state index in [4.69, 9.17) is 16.7 Å². The van der Waals surface area contributed by atoms with Crippen LogP contribution in [0.15, 0.2) is 18.2 Å². The van der Waals surface area contributed by atoms with Crippen molar-refractivity contribution in [3.63, 3.8) is 0 Å². The van der Waals surface area contributed by atoms with Gasteiger partial charge in [0.25, 0.3) is 0 Å². The third-order valence-electron chi connectivity index (χ3n) is 3.16. The van der Waals surface area contributed by atoms with Crippen molar-refractivity contribution in [1.82, 2.24) is 0 Å². The van der Waals surface area contributed by atoms with Crippen LogP contribution in [0.1, 0.15) is 30.9 Å². The van der Waals surface area contributed by atoms with Gasteiger partial charge in [0.05, 0.1) is 0 Å². The van der Waals surface area contributed by atoms with E-state index >= 15 is 0 Å². The van der Waals surface area contributed by atoms with Crippen molar-refractivity contribution < 1.29 is 14.7 Å². The minimum atomic E-state index is -0.858. The molecule has 0 spiro atoms. The number of rotatable bonds is 7. The SMILES string of the molecule is CCc1cccc(C)c1N(CCCC(=O)O)C(=O)CCl. The van der Waals surface area contributed by atoms with Gasteiger partial charge in [-0.3, -0.25) is 9.59 Å². The standard InChI is InChI=1S/C15H20ClNO3/c1-3-12-7-4-6-11(2)15(12)17(13(18)10-16)9-5-8-14(19)20/h4,6-7H,3,5,8-10H2,1-2H3,(H,19,20). The maximum Gasteiger partial charge on any atom is 0.303 e. The molecule has 0 saturated heterocycles. The number of amides is 1. The second-order valence-electron chi connectivity index (χ2n) is 4.61. The van der Waals surface area contributed by atoms with Crippen molar-refractivity contribution in [2.24, 2.45) is 0 Å². The molecule has 1 aromatic rings. The molecule has 0 atom stereocenters. The highest BCUT2D eigenvalue weighted by molar-refractivity contribution is 6.29. The molecule has 5 heteroatoms. The fourth-order valence-corrected chi connectivity index (χ4v) is 2.36. The van der Waals surface area contributed by atoms with Gasteiger partial charge in [0.15, 0.2) is 0 Å². The lowest BCUT2D eigenvalue weighted by Gasteiger charge is -2.26. The molecule has 110 valence electrons. The lowest BCUT2D eigenvalue weighted by Crippen LogP contribution is -2.34. The van der Waals surface area contributed by atoms with E-state index in [0.717, 1.165) is 23.2 Å². The van der Waals surface area contributed by atoms with Gasteiger partial charge < -0.3 is 10.0 Å². The minimum absolute atomic E-state index is 0.0411. The normalized spacial score (nSPS) is 10.3. The molecule has 0 aliphatic rings. The van der Waals surface area contributed by atoms with E-state index in [1.165, 1.54) is 0 Å². The molecule has 0 heterocycles. The summed E-state index contributed by atoms with van der Waals surface area (Å²) in [6.45, 7) is 4.34. The summed E-state index contributed by atoms with van der Waals surface area (Å²) in [6, 6.07) is 5.88. The van der Waals surface area contributed by atoms with Crippen LogP contribution >= 0.6 is 11.6 Å². The number of aryl methyl sites for hydroxylation is 2. The largest absolute Gasteiger partial charge is 0.481 e. The highest BCUT2D eigenvalue weighted by Gasteiger charge is 2.19. The zero-order chi connectivity index (χ0) is 15.1. The van der Waals surface area contributed by atoms with E-state index in [2.05, 4.69) is 0 Å². The van der Waals surface area contributed by atoms with Gasteiger partial charge in [0, 0.05) is 18.7 Å². The molecule has 0 radical (unpaired) electrons. The Hall–Kier alpha value is -1.55. The van der Waals surface area contributed by atoms with Gasteiger partial charge in [-0.05, 0) is 30.9 Å². The van der Waals surface area contributed by atoms with Gasteiger partial charge >= 0.3 is 5.97 Å². The maximum atomic E-state index is 12.1. The molecule has 0 bridgehead atoms. The van der Waals surface area contributed by atoms with Crippen molar-refractivity contribution in [1.29, 1.82) is 0 Å². The number of anilines is 1. The third-order valence-corrected chi connectivity index (χ3v) is 3.39. The van der Waals surface area contributed by atoms with Gasteiger partial charge in [-0.1, -0.05) is 25.1 Å². The number of para-hydroxylation sites is 1. The van der Waals surface area contributed by atoms with E-state index < -0.39 is 5.97 Å². The molecule has 0 fully saturated rings. The number of alkyl halides is 1. The summed E-state index contributed by atoms with van der Waals surface area (Å²) in [5.74, 6) is -1.16. The van der Waals surface area contributed by atoms with Crippen LogP contribution < -0.4 is 4.90 Å². The Kier molecular flexibility index (Phi) is 6.52. The van der Waals surface area contributed by atoms with Gasteiger partial charge in [0.1, 0.15) is 5.88 Å². The Morgan fingerprint density at radius 1 is 1.35 bits per heavy atom. The van der Waals surface area contributed by atoms with Crippen LogP contribution in [-0.2, 0) is 16.0 Å². The first-order valence-electron chi connectivity index (χ1n) is 6.67. The topological polar surface area (TPSA) is 57.6 Å². The van der Waals surface area contributed by atoms with E-state index in [1.807, 2.05) is 32.0 Å². The zero-order valence-electron chi connectivity index (χ0n) is 11.9. The van der Waals surface area contributed by atoms with Crippen LogP contribution in [0, 0.1) is 6.92 Å². The van der Waals surface area contributed by atoms with Crippen molar-refractivity contribution in [3.8, 4) is 0 Å². The molecule has 4 nitrogen and oxygen atoms in total. The summed E-state index contributed by atoms with van der Waals surface area (Å²) in [6.07, 6.45) is 1.26. The van der Waals surface area contributed by atoms with Gasteiger partial charge in [-0.15, -0.1) is 11.6 Å². The Morgan fingerprint density at radius 2 is 2.05 bits per heavy atom. The molecule has 0 aliphatic heterocycles. The molecule has 0 aliphatic carbocycles. The molecule has 20 heavy (non-hydrogen) atoms. The average Bonchev–Trinajstić information content (AvgIpc) is 2.43. The minimum Gasteiger partial charge on any atom is -0.481 e. The number of carboxylic acids is 1. The number of nitrogens with zero attached hydrogens (tertiary/aromatic N) is 1. The summed E-state index contributed by atoms with van der Waals surface area (Å²) >= 11 is 5.68. The number of aliphatic carboxylic acids is 1. The highest BCUT2D eigenvalue weighted by Crippen LogP contribution is 2.26. The number of hydrogen-bond acceptors (Lipinski definition) is 2. The summed E-state index contributed by atoms with van der Waals surface area (Å²) in [5, 5.41) is 8.72. The van der Waals surface area contributed by atoms with Crippen molar-refractivity contribution in [3.05, 3.63) is 29.3 Å². The first kappa shape index (κ1) is 16.5. The number of carbonyl (C=O) groups is 2. The maximum absolute atomic E-state index is 12.1. The average molecular weight is 298 g/mol. The van der Waals surface area contributed by atoms with Crippen LogP contribution in [-0.4, -0.2) is 29.4 Å². The second-order valence-corrected chi connectivity index (χ2v) is 4.88. The van der Waals surface area contributed by atoms with Crippen LogP contribution in [0.5, 0.6) is 0 Å². The molecule has 0 saturated carbocycles. The number of halogens is 1. The molecule has 1 amide bonds. The predicted octanol–water partition coefficient (Wildman–Crippen LogP) is 2.99. The number of carboxylic acid groups (broad SMARTS) is 1. The lowest BCUT2D eigenvalue weighted by molar-refractivity contribution is -0.137. The molecule has 0 aromatic heterocycles. The van der Waals surface area contributed by atoms with Crippen molar-refractivity contribution >= 4 is 29.2 Å². The Labute approximate surface area is 124 Å². The van der Waals surface area contributed by atoms with E-state index in [9.17, 15) is 9.59 Å². The molecule has 1 rings (SSSR count). The molecule has 1 N–H and O–H groups in total. The van der Waals surface area contributed by atoms with Gasteiger partial charge in [-0.25, -0.2) is 0 Å². The molecular formula is C15H20ClNO3. The highest BCUT2D eigenvalue weighted by atomic mass is 35.5. The second kappa shape index (κ2) is 7.90. The van der Waals surface area contributed by atoms with Crippen LogP contribution in [0.3, 0.4) is 0 Å². The van der Waals surface area contributed by atoms with E-state index in [1.54, 1.807) is 4.90 Å². The van der Waals surface area contributed by atoms with Gasteiger partial charge in [0.2, 0.25) is 5.91 Å². The van der Waals surface area contributed by atoms with Gasteiger partial charge in [-0.2, -0.15) is 0 Å². The van der Waals surface area contributed by atoms with E-state index in [0.29, 0.717) is 13.0 Å². The quantitative estimate of drug-likeness (QED) is 0.787. The summed E-state index contributed by atoms with van der Waals surface area (Å²) < 4.78 is 0. The number of benzene rings is 1. The van der Waals surface area contributed by atoms with Crippen LogP contribution in [0.2, 0.25) is 0 Å². The fraction of sp³-hybridized carbons (Fsp3) is 0.467.